The van der Waals surface area contributed by atoms with Crippen LogP contribution in [0.25, 0.3) is 0 Å². The maximum Gasteiger partial charge on any atom is 0.341 e. The number of amides is 1. The van der Waals surface area contributed by atoms with E-state index in [0.717, 1.165) is 42.5 Å². The highest BCUT2D eigenvalue weighted by molar-refractivity contribution is 7.17. The number of fused-ring (bicyclic) bond motifs is 1. The molecule has 0 aliphatic heterocycles. The second-order valence-electron chi connectivity index (χ2n) is 6.13. The molecule has 3 rings (SSSR count). The number of aryl methyl sites for hydroxylation is 1. The zero-order valence-corrected chi connectivity index (χ0v) is 16.7. The number of esters is 1. The van der Waals surface area contributed by atoms with Gasteiger partial charge < -0.3 is 10.1 Å². The van der Waals surface area contributed by atoms with Gasteiger partial charge in [0, 0.05) is 9.90 Å². The van der Waals surface area contributed by atoms with Gasteiger partial charge >= 0.3 is 5.97 Å². The summed E-state index contributed by atoms with van der Waals surface area (Å²) in [5, 5.41) is 4.10. The number of carbonyl (C=O) groups excluding carboxylic acids is 2. The van der Waals surface area contributed by atoms with Crippen LogP contribution in [0.5, 0.6) is 0 Å². The average Bonchev–Trinajstić information content (AvgIpc) is 2.99. The minimum absolute atomic E-state index is 0.276. The molecule has 1 N–H and O–H groups in total. The van der Waals surface area contributed by atoms with E-state index in [1.807, 2.05) is 6.92 Å². The molecule has 26 heavy (non-hydrogen) atoms. The topological polar surface area (TPSA) is 55.4 Å². The molecule has 0 radical (unpaired) electrons. The first-order valence-corrected chi connectivity index (χ1v) is 10.2. The fraction of sp³-hybridized carbons (Fsp3) is 0.368. The van der Waals surface area contributed by atoms with Crippen molar-refractivity contribution < 1.29 is 14.3 Å². The van der Waals surface area contributed by atoms with Crippen LogP contribution in [0.3, 0.4) is 0 Å². The molecule has 1 aromatic heterocycles. The maximum absolute atomic E-state index is 12.7. The lowest BCUT2D eigenvalue weighted by Gasteiger charge is -2.12. The molecular weight excluding hydrogens is 393 g/mol. The number of hydrogen-bond donors (Lipinski definition) is 1. The van der Waals surface area contributed by atoms with Gasteiger partial charge in [-0.05, 0) is 55.9 Å². The quantitative estimate of drug-likeness (QED) is 0.636. The number of ether oxygens (including phenoxy) is 1. The maximum atomic E-state index is 12.7. The van der Waals surface area contributed by atoms with Gasteiger partial charge in [0.05, 0.1) is 22.8 Å². The Balaban J connectivity index is 1.93. The van der Waals surface area contributed by atoms with Crippen LogP contribution in [-0.4, -0.2) is 18.5 Å². The molecule has 1 aromatic carbocycles. The fourth-order valence-corrected chi connectivity index (χ4v) is 4.63. The highest BCUT2D eigenvalue weighted by atomic mass is 35.5. The van der Waals surface area contributed by atoms with E-state index in [-0.39, 0.29) is 17.4 Å². The first-order chi connectivity index (χ1) is 12.5. The van der Waals surface area contributed by atoms with Gasteiger partial charge in [0.1, 0.15) is 5.00 Å². The lowest BCUT2D eigenvalue weighted by Crippen LogP contribution is -2.16. The monoisotopic (exact) mass is 411 g/mol. The number of rotatable bonds is 5. The van der Waals surface area contributed by atoms with E-state index < -0.39 is 0 Å². The van der Waals surface area contributed by atoms with Gasteiger partial charge in [-0.15, -0.1) is 11.3 Å². The molecule has 1 amide bonds. The summed E-state index contributed by atoms with van der Waals surface area (Å²) in [5.74, 6) is -0.764. The third-order valence-corrected chi connectivity index (χ3v) is 5.98. The van der Waals surface area contributed by atoms with E-state index in [0.29, 0.717) is 27.2 Å². The number of benzene rings is 1. The SMILES string of the molecule is CCCOC(=O)c1c(NC(=O)c2cc(Cl)ccc2Cl)sc2c1CCCC2. The van der Waals surface area contributed by atoms with Crippen molar-refractivity contribution >= 4 is 51.4 Å². The molecule has 138 valence electrons. The van der Waals surface area contributed by atoms with Gasteiger partial charge in [0.25, 0.3) is 5.91 Å². The standard InChI is InChI=1S/C19H19Cl2NO3S/c1-2-9-25-19(24)16-12-5-3-4-6-15(12)26-18(16)22-17(23)13-10-11(20)7-8-14(13)21/h7-8,10H,2-6,9H2,1H3,(H,22,23). The Hall–Kier alpha value is -1.56. The third-order valence-electron chi connectivity index (χ3n) is 4.21. The van der Waals surface area contributed by atoms with E-state index >= 15 is 0 Å². The molecule has 0 bridgehead atoms. The Morgan fingerprint density at radius 3 is 2.77 bits per heavy atom. The van der Waals surface area contributed by atoms with Crippen LogP contribution in [0.4, 0.5) is 5.00 Å². The van der Waals surface area contributed by atoms with E-state index in [1.165, 1.54) is 17.4 Å². The largest absolute Gasteiger partial charge is 0.462 e. The highest BCUT2D eigenvalue weighted by Crippen LogP contribution is 2.39. The Labute approximate surface area is 166 Å². The summed E-state index contributed by atoms with van der Waals surface area (Å²) >= 11 is 13.5. The average molecular weight is 412 g/mol. The number of hydrogen-bond acceptors (Lipinski definition) is 4. The van der Waals surface area contributed by atoms with E-state index in [4.69, 9.17) is 27.9 Å². The molecule has 1 aliphatic carbocycles. The second kappa shape index (κ2) is 8.42. The van der Waals surface area contributed by atoms with Gasteiger partial charge in [-0.2, -0.15) is 0 Å². The molecule has 1 heterocycles. The summed E-state index contributed by atoms with van der Waals surface area (Å²) in [7, 11) is 0. The predicted molar refractivity (Wildman–Crippen MR) is 106 cm³/mol. The van der Waals surface area contributed by atoms with Crippen molar-refractivity contribution in [3.63, 3.8) is 0 Å². The second-order valence-corrected chi connectivity index (χ2v) is 8.08. The van der Waals surface area contributed by atoms with Crippen LogP contribution < -0.4 is 5.32 Å². The van der Waals surface area contributed by atoms with Crippen molar-refractivity contribution in [2.45, 2.75) is 39.0 Å². The van der Waals surface area contributed by atoms with Gasteiger partial charge in [-0.1, -0.05) is 30.1 Å². The summed E-state index contributed by atoms with van der Waals surface area (Å²) in [6, 6.07) is 4.72. The van der Waals surface area contributed by atoms with Crippen LogP contribution in [0, 0.1) is 0 Å². The molecule has 0 saturated heterocycles. The number of thiophene rings is 1. The summed E-state index contributed by atoms with van der Waals surface area (Å²) in [4.78, 5) is 26.4. The fourth-order valence-electron chi connectivity index (χ4n) is 2.98. The number of anilines is 1. The molecular formula is C19H19Cl2NO3S. The first-order valence-electron chi connectivity index (χ1n) is 8.59. The van der Waals surface area contributed by atoms with Gasteiger partial charge in [0.15, 0.2) is 0 Å². The van der Waals surface area contributed by atoms with Crippen LogP contribution in [-0.2, 0) is 17.6 Å². The van der Waals surface area contributed by atoms with E-state index in [2.05, 4.69) is 5.32 Å². The zero-order valence-electron chi connectivity index (χ0n) is 14.4. The molecule has 2 aromatic rings. The van der Waals surface area contributed by atoms with Gasteiger partial charge in [0.2, 0.25) is 0 Å². The summed E-state index contributed by atoms with van der Waals surface area (Å²) in [6.07, 6.45) is 4.62. The number of carbonyl (C=O) groups is 2. The van der Waals surface area contributed by atoms with Gasteiger partial charge in [-0.3, -0.25) is 4.79 Å². The van der Waals surface area contributed by atoms with Crippen molar-refractivity contribution in [3.8, 4) is 0 Å². The van der Waals surface area contributed by atoms with Crippen molar-refractivity contribution in [3.05, 3.63) is 49.8 Å². The highest BCUT2D eigenvalue weighted by Gasteiger charge is 2.27. The molecule has 0 spiro atoms. The smallest absolute Gasteiger partial charge is 0.341 e. The lowest BCUT2D eigenvalue weighted by molar-refractivity contribution is 0.0505. The van der Waals surface area contributed by atoms with Crippen molar-refractivity contribution in [2.24, 2.45) is 0 Å². The Morgan fingerprint density at radius 1 is 1.23 bits per heavy atom. The van der Waals surface area contributed by atoms with Crippen molar-refractivity contribution in [1.82, 2.24) is 0 Å². The number of nitrogens with one attached hydrogen (secondary N) is 1. The molecule has 4 nitrogen and oxygen atoms in total. The minimum atomic E-state index is -0.388. The molecule has 0 saturated carbocycles. The number of halogens is 2. The van der Waals surface area contributed by atoms with Crippen LogP contribution >= 0.6 is 34.5 Å². The van der Waals surface area contributed by atoms with Crippen LogP contribution in [0.15, 0.2) is 18.2 Å². The Bertz CT molecular complexity index is 848. The summed E-state index contributed by atoms with van der Waals surface area (Å²) in [5.41, 5.74) is 1.78. The van der Waals surface area contributed by atoms with E-state index in [1.54, 1.807) is 12.1 Å². The molecule has 0 unspecified atom stereocenters. The molecule has 1 aliphatic rings. The normalized spacial score (nSPS) is 13.2. The van der Waals surface area contributed by atoms with Crippen molar-refractivity contribution in [1.29, 1.82) is 0 Å². The molecule has 0 atom stereocenters. The first kappa shape index (κ1) is 19.2. The zero-order chi connectivity index (χ0) is 18.7. The Kier molecular flexibility index (Phi) is 6.22. The Morgan fingerprint density at radius 2 is 2.00 bits per heavy atom. The predicted octanol–water partition coefficient (Wildman–Crippen LogP) is 5.75. The lowest BCUT2D eigenvalue weighted by atomic mass is 9.95. The van der Waals surface area contributed by atoms with Crippen molar-refractivity contribution in [2.75, 3.05) is 11.9 Å². The third kappa shape index (κ3) is 4.05. The van der Waals surface area contributed by atoms with Gasteiger partial charge in [-0.25, -0.2) is 4.79 Å². The minimum Gasteiger partial charge on any atom is -0.462 e. The van der Waals surface area contributed by atoms with Crippen LogP contribution in [0.1, 0.15) is 57.3 Å². The molecule has 0 fully saturated rings. The molecule has 7 heteroatoms. The van der Waals surface area contributed by atoms with E-state index in [9.17, 15) is 9.59 Å². The summed E-state index contributed by atoms with van der Waals surface area (Å²) < 4.78 is 5.34. The summed E-state index contributed by atoms with van der Waals surface area (Å²) in [6.45, 7) is 2.30. The van der Waals surface area contributed by atoms with Crippen LogP contribution in [0.2, 0.25) is 10.0 Å².